The Balaban J connectivity index is 2.05. The van der Waals surface area contributed by atoms with Gasteiger partial charge in [-0.1, -0.05) is 87.8 Å². The minimum Gasteiger partial charge on any atom is -0.354 e. The van der Waals surface area contributed by atoms with Gasteiger partial charge in [0.05, 0.1) is 10.6 Å². The van der Waals surface area contributed by atoms with Gasteiger partial charge in [-0.25, -0.2) is 8.42 Å². The van der Waals surface area contributed by atoms with Crippen molar-refractivity contribution in [1.82, 2.24) is 10.2 Å². The van der Waals surface area contributed by atoms with E-state index in [4.69, 9.17) is 11.6 Å². The van der Waals surface area contributed by atoms with Crippen molar-refractivity contribution < 1.29 is 18.0 Å². The first-order valence-corrected chi connectivity index (χ1v) is 15.4. The molecule has 0 heterocycles. The van der Waals surface area contributed by atoms with Gasteiger partial charge in [-0.15, -0.1) is 0 Å². The maximum absolute atomic E-state index is 14.1. The topological polar surface area (TPSA) is 86.8 Å². The molecule has 1 unspecified atom stereocenters. The van der Waals surface area contributed by atoms with E-state index in [1.54, 1.807) is 48.5 Å². The molecule has 3 aromatic rings. The summed E-state index contributed by atoms with van der Waals surface area (Å²) in [6.07, 6.45) is 1.14. The molecule has 0 saturated carbocycles. The van der Waals surface area contributed by atoms with Crippen LogP contribution in [0.15, 0.2) is 83.8 Å². The lowest BCUT2D eigenvalue weighted by Crippen LogP contribution is -2.52. The Bertz CT molecular complexity index is 1380. The lowest BCUT2D eigenvalue weighted by atomic mass is 10.1. The van der Waals surface area contributed by atoms with Crippen molar-refractivity contribution in [3.8, 4) is 0 Å². The van der Waals surface area contributed by atoms with Crippen molar-refractivity contribution in [2.45, 2.75) is 58.0 Å². The molecule has 0 bridgehead atoms. The smallest absolute Gasteiger partial charge is 0.264 e. The van der Waals surface area contributed by atoms with Crippen LogP contribution in [-0.2, 0) is 32.6 Å². The highest BCUT2D eigenvalue weighted by atomic mass is 35.5. The summed E-state index contributed by atoms with van der Waals surface area (Å²) in [6.45, 7) is 7.85. The number of carbonyl (C=O) groups is 2. The van der Waals surface area contributed by atoms with Crippen LogP contribution in [0.3, 0.4) is 0 Å². The predicted octanol–water partition coefficient (Wildman–Crippen LogP) is 5.68. The van der Waals surface area contributed by atoms with E-state index in [2.05, 4.69) is 5.32 Å². The number of aryl methyl sites for hydroxylation is 1. The van der Waals surface area contributed by atoms with E-state index in [0.29, 0.717) is 29.2 Å². The van der Waals surface area contributed by atoms with Crippen LogP contribution in [-0.4, -0.2) is 44.3 Å². The average molecular weight is 584 g/mol. The van der Waals surface area contributed by atoms with E-state index in [1.807, 2.05) is 45.9 Å². The van der Waals surface area contributed by atoms with Crippen molar-refractivity contribution in [3.63, 3.8) is 0 Å². The fourth-order valence-corrected chi connectivity index (χ4v) is 5.93. The Labute approximate surface area is 243 Å². The number of sulfonamides is 1. The molecule has 7 nitrogen and oxygen atoms in total. The largest absolute Gasteiger partial charge is 0.354 e. The van der Waals surface area contributed by atoms with Crippen LogP contribution in [0.1, 0.15) is 45.2 Å². The van der Waals surface area contributed by atoms with Crippen molar-refractivity contribution in [2.24, 2.45) is 5.92 Å². The molecule has 0 aliphatic carbocycles. The molecule has 0 saturated heterocycles. The summed E-state index contributed by atoms with van der Waals surface area (Å²) in [4.78, 5) is 28.9. The maximum Gasteiger partial charge on any atom is 0.264 e. The van der Waals surface area contributed by atoms with Crippen LogP contribution < -0.4 is 9.62 Å². The molecule has 3 aromatic carbocycles. The van der Waals surface area contributed by atoms with Crippen LogP contribution in [0, 0.1) is 5.92 Å². The number of rotatable bonds is 13. The molecule has 0 fully saturated rings. The first-order valence-electron chi connectivity index (χ1n) is 13.6. The molecule has 40 heavy (non-hydrogen) atoms. The first kappa shape index (κ1) is 31.2. The zero-order valence-corrected chi connectivity index (χ0v) is 25.1. The molecule has 0 spiro atoms. The van der Waals surface area contributed by atoms with Crippen LogP contribution in [0.5, 0.6) is 0 Å². The third-order valence-electron chi connectivity index (χ3n) is 6.61. The molecule has 0 aliphatic heterocycles. The monoisotopic (exact) mass is 583 g/mol. The fraction of sp³-hybridized carbons (Fsp3) is 0.355. The number of benzene rings is 3. The van der Waals surface area contributed by atoms with Gasteiger partial charge >= 0.3 is 0 Å². The van der Waals surface area contributed by atoms with Gasteiger partial charge in [-0.05, 0) is 60.2 Å². The van der Waals surface area contributed by atoms with Crippen LogP contribution in [0.4, 0.5) is 5.69 Å². The van der Waals surface area contributed by atoms with Gasteiger partial charge in [0, 0.05) is 18.1 Å². The Morgan fingerprint density at radius 3 is 2.10 bits per heavy atom. The minimum atomic E-state index is -4.10. The number of nitrogens with zero attached hydrogens (tertiary/aromatic N) is 2. The number of hydrogen-bond donors (Lipinski definition) is 1. The van der Waals surface area contributed by atoms with Gasteiger partial charge in [-0.2, -0.15) is 0 Å². The van der Waals surface area contributed by atoms with Crippen molar-refractivity contribution >= 4 is 39.1 Å². The second kappa shape index (κ2) is 14.3. The molecule has 3 rings (SSSR count). The third-order valence-corrected chi connectivity index (χ3v) is 8.77. The molecule has 1 N–H and O–H groups in total. The third kappa shape index (κ3) is 7.86. The van der Waals surface area contributed by atoms with Crippen LogP contribution in [0.2, 0.25) is 5.02 Å². The van der Waals surface area contributed by atoms with E-state index in [1.165, 1.54) is 17.0 Å². The Hall–Kier alpha value is -3.36. The van der Waals surface area contributed by atoms with E-state index < -0.39 is 28.5 Å². The quantitative estimate of drug-likeness (QED) is 0.281. The lowest BCUT2D eigenvalue weighted by Gasteiger charge is -2.33. The van der Waals surface area contributed by atoms with Gasteiger partial charge in [-0.3, -0.25) is 13.9 Å². The van der Waals surface area contributed by atoms with Gasteiger partial charge < -0.3 is 10.2 Å². The van der Waals surface area contributed by atoms with E-state index in [9.17, 15) is 18.0 Å². The van der Waals surface area contributed by atoms with Gasteiger partial charge in [0.15, 0.2) is 0 Å². The zero-order valence-electron chi connectivity index (χ0n) is 23.5. The Kier molecular flexibility index (Phi) is 11.2. The number of hydrogen-bond acceptors (Lipinski definition) is 4. The molecule has 0 aliphatic rings. The summed E-state index contributed by atoms with van der Waals surface area (Å²) in [5.74, 6) is -0.571. The molecule has 1 atom stereocenters. The molecule has 214 valence electrons. The number of amides is 2. The summed E-state index contributed by atoms with van der Waals surface area (Å²) in [6, 6.07) is 21.4. The molecule has 0 radical (unpaired) electrons. The lowest BCUT2D eigenvalue weighted by molar-refractivity contribution is -0.140. The predicted molar refractivity (Wildman–Crippen MR) is 161 cm³/mol. The summed E-state index contributed by atoms with van der Waals surface area (Å²) in [5, 5.41) is 3.38. The molecule has 2 amide bonds. The average Bonchev–Trinajstić information content (AvgIpc) is 2.96. The number of carbonyl (C=O) groups excluding carboxylic acids is 2. The van der Waals surface area contributed by atoms with Gasteiger partial charge in [0.1, 0.15) is 12.6 Å². The minimum absolute atomic E-state index is 0.0557. The van der Waals surface area contributed by atoms with Crippen molar-refractivity contribution in [1.29, 1.82) is 0 Å². The second-order valence-corrected chi connectivity index (χ2v) is 12.3. The number of nitrogens with one attached hydrogen (secondary N) is 1. The van der Waals surface area contributed by atoms with E-state index >= 15 is 0 Å². The molecule has 0 aromatic heterocycles. The Morgan fingerprint density at radius 2 is 1.52 bits per heavy atom. The summed E-state index contributed by atoms with van der Waals surface area (Å²) in [5.41, 5.74) is 2.07. The number of anilines is 1. The number of halogens is 1. The molecular formula is C31H38ClN3O4S. The van der Waals surface area contributed by atoms with Gasteiger partial charge in [0.25, 0.3) is 10.0 Å². The highest BCUT2D eigenvalue weighted by molar-refractivity contribution is 7.92. The maximum atomic E-state index is 14.1. The second-order valence-electron chi connectivity index (χ2n) is 10.0. The first-order chi connectivity index (χ1) is 19.1. The SMILES string of the molecule is CCc1ccc(N(CC(=O)N(Cc2ccccc2Cl)C(CC)C(=O)NCC(C)C)S(=O)(=O)c2ccccc2)cc1. The summed E-state index contributed by atoms with van der Waals surface area (Å²) in [7, 11) is -4.10. The standard InChI is InChI=1S/C31H38ClN3O4S/c1-5-24-16-18-26(19-17-24)35(40(38,39)27-13-8-7-9-14-27)22-30(36)34(21-25-12-10-11-15-28(25)32)29(6-2)31(37)33-20-23(3)4/h7-19,23,29H,5-6,20-22H2,1-4H3,(H,33,37). The van der Waals surface area contributed by atoms with Gasteiger partial charge in [0.2, 0.25) is 11.8 Å². The molecular weight excluding hydrogens is 546 g/mol. The van der Waals surface area contributed by atoms with Crippen LogP contribution >= 0.6 is 11.6 Å². The fourth-order valence-electron chi connectivity index (χ4n) is 4.30. The summed E-state index contributed by atoms with van der Waals surface area (Å²) >= 11 is 6.44. The zero-order chi connectivity index (χ0) is 29.3. The van der Waals surface area contributed by atoms with E-state index in [0.717, 1.165) is 16.3 Å². The van der Waals surface area contributed by atoms with E-state index in [-0.39, 0.29) is 23.3 Å². The highest BCUT2D eigenvalue weighted by Gasteiger charge is 2.33. The van der Waals surface area contributed by atoms with Crippen LogP contribution in [0.25, 0.3) is 0 Å². The highest BCUT2D eigenvalue weighted by Crippen LogP contribution is 2.26. The Morgan fingerprint density at radius 1 is 0.900 bits per heavy atom. The van der Waals surface area contributed by atoms with Crippen molar-refractivity contribution in [2.75, 3.05) is 17.4 Å². The normalized spacial score (nSPS) is 12.2. The molecule has 9 heteroatoms. The summed E-state index contributed by atoms with van der Waals surface area (Å²) < 4.78 is 28.8. The van der Waals surface area contributed by atoms with Crippen molar-refractivity contribution in [3.05, 3.63) is 95.0 Å².